The van der Waals surface area contributed by atoms with Gasteiger partial charge in [0.15, 0.2) is 0 Å². The van der Waals surface area contributed by atoms with E-state index in [4.69, 9.17) is 0 Å². The monoisotopic (exact) mass is 229 g/mol. The van der Waals surface area contributed by atoms with E-state index >= 15 is 0 Å². The summed E-state index contributed by atoms with van der Waals surface area (Å²) in [4.78, 5) is 22.4. The molecule has 0 saturated carbocycles. The zero-order chi connectivity index (χ0) is 12.4. The van der Waals surface area contributed by atoms with Gasteiger partial charge in [-0.15, -0.1) is 0 Å². The lowest BCUT2D eigenvalue weighted by Crippen LogP contribution is -2.38. The average Bonchev–Trinajstić information content (AvgIpc) is 2.23. The summed E-state index contributed by atoms with van der Waals surface area (Å²) in [7, 11) is 0. The Kier molecular flexibility index (Phi) is 8.52. The Morgan fingerprint density at radius 3 is 2.31 bits per heavy atom. The van der Waals surface area contributed by atoms with E-state index in [-0.39, 0.29) is 18.4 Å². The van der Waals surface area contributed by atoms with Gasteiger partial charge in [-0.3, -0.25) is 9.59 Å². The highest BCUT2D eigenvalue weighted by atomic mass is 16.2. The summed E-state index contributed by atoms with van der Waals surface area (Å²) in [6.45, 7) is 7.40. The maximum Gasteiger partial charge on any atom is 0.239 e. The minimum absolute atomic E-state index is 0.0700. The van der Waals surface area contributed by atoms with Gasteiger partial charge in [0.25, 0.3) is 0 Å². The molecule has 0 aromatic carbocycles. The Bertz CT molecular complexity index is 217. The van der Waals surface area contributed by atoms with Crippen LogP contribution >= 0.6 is 0 Å². The van der Waals surface area contributed by atoms with Crippen LogP contribution < -0.4 is 16.0 Å². The first-order valence-corrected chi connectivity index (χ1v) is 5.83. The third-order valence-electron chi connectivity index (χ3n) is 1.92. The van der Waals surface area contributed by atoms with Crippen molar-refractivity contribution in [2.75, 3.05) is 19.6 Å². The molecule has 0 spiro atoms. The van der Waals surface area contributed by atoms with Crippen molar-refractivity contribution < 1.29 is 9.59 Å². The lowest BCUT2D eigenvalue weighted by atomic mass is 10.3. The van der Waals surface area contributed by atoms with E-state index in [1.807, 2.05) is 20.8 Å². The first-order chi connectivity index (χ1) is 7.56. The lowest BCUT2D eigenvalue weighted by molar-refractivity contribution is -0.126. The maximum atomic E-state index is 11.3. The Balaban J connectivity index is 3.46. The number of carbonyl (C=O) groups is 2. The average molecular weight is 229 g/mol. The summed E-state index contributed by atoms with van der Waals surface area (Å²) in [5.41, 5.74) is 0. The van der Waals surface area contributed by atoms with Crippen molar-refractivity contribution in [2.24, 2.45) is 0 Å². The molecule has 0 atom stereocenters. The molecule has 0 aliphatic carbocycles. The van der Waals surface area contributed by atoms with Gasteiger partial charge in [0, 0.05) is 25.6 Å². The molecule has 16 heavy (non-hydrogen) atoms. The van der Waals surface area contributed by atoms with Crippen LogP contribution in [0.5, 0.6) is 0 Å². The third-order valence-corrected chi connectivity index (χ3v) is 1.92. The molecule has 0 heterocycles. The quantitative estimate of drug-likeness (QED) is 0.549. The molecule has 0 aromatic heterocycles. The van der Waals surface area contributed by atoms with E-state index < -0.39 is 0 Å². The van der Waals surface area contributed by atoms with Crippen molar-refractivity contribution in [1.82, 2.24) is 16.0 Å². The highest BCUT2D eigenvalue weighted by Gasteiger charge is 2.04. The number of hydrogen-bond acceptors (Lipinski definition) is 3. The Hall–Kier alpha value is -1.10. The van der Waals surface area contributed by atoms with Crippen LogP contribution in [-0.4, -0.2) is 37.5 Å². The van der Waals surface area contributed by atoms with Crippen molar-refractivity contribution in [3.8, 4) is 0 Å². The van der Waals surface area contributed by atoms with Crippen LogP contribution in [0.15, 0.2) is 0 Å². The molecule has 0 saturated heterocycles. The van der Waals surface area contributed by atoms with Crippen molar-refractivity contribution in [3.05, 3.63) is 0 Å². The van der Waals surface area contributed by atoms with Gasteiger partial charge in [-0.25, -0.2) is 0 Å². The molecule has 0 aromatic rings. The first kappa shape index (κ1) is 14.9. The molecule has 0 aliphatic heterocycles. The highest BCUT2D eigenvalue weighted by molar-refractivity contribution is 5.84. The normalized spacial score (nSPS) is 10.2. The van der Waals surface area contributed by atoms with Crippen molar-refractivity contribution in [2.45, 2.75) is 39.7 Å². The van der Waals surface area contributed by atoms with Crippen LogP contribution in [0.4, 0.5) is 0 Å². The second-order valence-corrected chi connectivity index (χ2v) is 3.99. The molecule has 5 heteroatoms. The van der Waals surface area contributed by atoms with Crippen molar-refractivity contribution in [1.29, 1.82) is 0 Å². The predicted octanol–water partition coefficient (Wildman–Crippen LogP) is 0.0169. The fourth-order valence-electron chi connectivity index (χ4n) is 1.07. The smallest absolute Gasteiger partial charge is 0.239 e. The van der Waals surface area contributed by atoms with Crippen LogP contribution in [0.3, 0.4) is 0 Å². The number of nitrogens with one attached hydrogen (secondary N) is 3. The topological polar surface area (TPSA) is 70.2 Å². The van der Waals surface area contributed by atoms with Gasteiger partial charge < -0.3 is 16.0 Å². The number of amides is 2. The van der Waals surface area contributed by atoms with Gasteiger partial charge in [-0.2, -0.15) is 0 Å². The number of carbonyl (C=O) groups excluding carboxylic acids is 2. The fraction of sp³-hybridized carbons (Fsp3) is 0.818. The molecule has 0 unspecified atom stereocenters. The molecule has 5 nitrogen and oxygen atoms in total. The van der Waals surface area contributed by atoms with Gasteiger partial charge in [-0.1, -0.05) is 20.8 Å². The van der Waals surface area contributed by atoms with Gasteiger partial charge in [0.1, 0.15) is 0 Å². The molecule has 0 radical (unpaired) electrons. The summed E-state index contributed by atoms with van der Waals surface area (Å²) >= 11 is 0. The minimum atomic E-state index is -0.132. The predicted molar refractivity (Wildman–Crippen MR) is 64.1 cm³/mol. The lowest BCUT2D eigenvalue weighted by Gasteiger charge is -2.08. The molecule has 0 bridgehead atoms. The van der Waals surface area contributed by atoms with E-state index in [2.05, 4.69) is 16.0 Å². The van der Waals surface area contributed by atoms with Crippen molar-refractivity contribution >= 4 is 11.8 Å². The van der Waals surface area contributed by atoms with E-state index in [0.29, 0.717) is 25.6 Å². The van der Waals surface area contributed by atoms with Crippen LogP contribution in [0, 0.1) is 0 Å². The van der Waals surface area contributed by atoms with Gasteiger partial charge in [0.05, 0.1) is 6.54 Å². The zero-order valence-corrected chi connectivity index (χ0v) is 10.4. The molecule has 0 aliphatic rings. The number of hydrogen-bond donors (Lipinski definition) is 3. The molecule has 0 fully saturated rings. The maximum absolute atomic E-state index is 11.3. The first-order valence-electron chi connectivity index (χ1n) is 5.83. The minimum Gasteiger partial charge on any atom is -0.355 e. The van der Waals surface area contributed by atoms with E-state index in [1.165, 1.54) is 0 Å². The van der Waals surface area contributed by atoms with Crippen LogP contribution in [0.1, 0.15) is 33.6 Å². The summed E-state index contributed by atoms with van der Waals surface area (Å²) in [5.74, 6) is -0.230. The van der Waals surface area contributed by atoms with Gasteiger partial charge in [0.2, 0.25) is 11.8 Å². The van der Waals surface area contributed by atoms with Crippen LogP contribution in [-0.2, 0) is 9.59 Å². The van der Waals surface area contributed by atoms with Crippen LogP contribution in [0.2, 0.25) is 0 Å². The SMILES string of the molecule is CCCNC(=O)CNC(=O)CCNC(C)C. The molecular weight excluding hydrogens is 206 g/mol. The Morgan fingerprint density at radius 1 is 1.06 bits per heavy atom. The highest BCUT2D eigenvalue weighted by Crippen LogP contribution is 1.81. The van der Waals surface area contributed by atoms with E-state index in [9.17, 15) is 9.59 Å². The fourth-order valence-corrected chi connectivity index (χ4v) is 1.07. The second kappa shape index (κ2) is 9.15. The van der Waals surface area contributed by atoms with Gasteiger partial charge >= 0.3 is 0 Å². The molecule has 94 valence electrons. The van der Waals surface area contributed by atoms with Crippen molar-refractivity contribution in [3.63, 3.8) is 0 Å². The summed E-state index contributed by atoms with van der Waals surface area (Å²) in [6, 6.07) is 0.376. The Morgan fingerprint density at radius 2 is 1.75 bits per heavy atom. The second-order valence-electron chi connectivity index (χ2n) is 3.99. The molecule has 0 rings (SSSR count). The molecule has 2 amide bonds. The molecule has 3 N–H and O–H groups in total. The van der Waals surface area contributed by atoms with Gasteiger partial charge in [-0.05, 0) is 6.42 Å². The third kappa shape index (κ3) is 9.45. The number of rotatable bonds is 8. The Labute approximate surface area is 97.4 Å². The zero-order valence-electron chi connectivity index (χ0n) is 10.4. The largest absolute Gasteiger partial charge is 0.355 e. The standard InChI is InChI=1S/C11H23N3O2/c1-4-6-13-11(16)8-14-10(15)5-7-12-9(2)3/h9,12H,4-8H2,1-3H3,(H,13,16)(H,14,15). The van der Waals surface area contributed by atoms with E-state index in [0.717, 1.165) is 6.42 Å². The van der Waals surface area contributed by atoms with E-state index in [1.54, 1.807) is 0 Å². The summed E-state index contributed by atoms with van der Waals surface area (Å²) in [6.07, 6.45) is 1.30. The summed E-state index contributed by atoms with van der Waals surface area (Å²) < 4.78 is 0. The van der Waals surface area contributed by atoms with Crippen LogP contribution in [0.25, 0.3) is 0 Å². The summed E-state index contributed by atoms with van der Waals surface area (Å²) in [5, 5.41) is 8.40. The molecular formula is C11H23N3O2.